The number of anilines is 1. The van der Waals surface area contributed by atoms with Crippen LogP contribution in [0, 0.1) is 0 Å². The van der Waals surface area contributed by atoms with E-state index >= 15 is 0 Å². The van der Waals surface area contributed by atoms with Crippen molar-refractivity contribution < 1.29 is 14.3 Å². The van der Waals surface area contributed by atoms with Crippen LogP contribution >= 0.6 is 23.4 Å². The Morgan fingerprint density at radius 2 is 1.90 bits per heavy atom. The van der Waals surface area contributed by atoms with Crippen molar-refractivity contribution in [3.05, 3.63) is 59.1 Å². The molecule has 3 rings (SSSR count). The number of aromatic nitrogens is 3. The number of nitrogens with one attached hydrogen (secondary N) is 1. The van der Waals surface area contributed by atoms with Gasteiger partial charge in [-0.25, -0.2) is 9.47 Å². The first-order valence-electron chi connectivity index (χ1n) is 8.64. The van der Waals surface area contributed by atoms with Crippen LogP contribution in [-0.4, -0.2) is 39.1 Å². The standard InChI is InChI=1S/C19H18ClN5O3S/c1-2-28-18(27)14-5-3-4-6-15(14)22-16(26)11-29-19-24-23-17(25(19)21)12-7-9-13(20)10-8-12/h3-10H,2,11,21H2,1H3,(H,22,26). The lowest BCUT2D eigenvalue weighted by atomic mass is 10.2. The van der Waals surface area contributed by atoms with Crippen molar-refractivity contribution in [2.24, 2.45) is 0 Å². The number of carbonyl (C=O) groups is 2. The molecule has 0 unspecified atom stereocenters. The Morgan fingerprint density at radius 1 is 1.17 bits per heavy atom. The van der Waals surface area contributed by atoms with Gasteiger partial charge < -0.3 is 15.9 Å². The van der Waals surface area contributed by atoms with Gasteiger partial charge >= 0.3 is 5.97 Å². The van der Waals surface area contributed by atoms with Crippen molar-refractivity contribution in [2.45, 2.75) is 12.1 Å². The number of hydrogen-bond acceptors (Lipinski definition) is 7. The van der Waals surface area contributed by atoms with Crippen molar-refractivity contribution in [3.63, 3.8) is 0 Å². The van der Waals surface area contributed by atoms with Gasteiger partial charge in [-0.1, -0.05) is 35.5 Å². The molecule has 1 aromatic heterocycles. The van der Waals surface area contributed by atoms with Crippen LogP contribution < -0.4 is 11.2 Å². The van der Waals surface area contributed by atoms with E-state index in [1.54, 1.807) is 55.5 Å². The molecule has 0 fully saturated rings. The number of amides is 1. The van der Waals surface area contributed by atoms with Crippen LogP contribution in [0.3, 0.4) is 0 Å². The topological polar surface area (TPSA) is 112 Å². The molecule has 150 valence electrons. The molecule has 0 spiro atoms. The maximum absolute atomic E-state index is 12.3. The molecule has 1 heterocycles. The summed E-state index contributed by atoms with van der Waals surface area (Å²) in [6.07, 6.45) is 0. The molecular formula is C19H18ClN5O3S. The van der Waals surface area contributed by atoms with E-state index in [2.05, 4.69) is 15.5 Å². The van der Waals surface area contributed by atoms with E-state index in [9.17, 15) is 9.59 Å². The number of hydrogen-bond donors (Lipinski definition) is 2. The van der Waals surface area contributed by atoms with Gasteiger partial charge in [-0.2, -0.15) is 0 Å². The summed E-state index contributed by atoms with van der Waals surface area (Å²) < 4.78 is 6.32. The van der Waals surface area contributed by atoms with Gasteiger partial charge in [-0.15, -0.1) is 10.2 Å². The molecule has 0 aliphatic rings. The van der Waals surface area contributed by atoms with E-state index in [-0.39, 0.29) is 18.3 Å². The number of thioether (sulfide) groups is 1. The molecule has 8 nitrogen and oxygen atoms in total. The van der Waals surface area contributed by atoms with E-state index in [0.717, 1.165) is 17.3 Å². The van der Waals surface area contributed by atoms with Crippen molar-refractivity contribution in [1.29, 1.82) is 0 Å². The Hall–Kier alpha value is -3.04. The van der Waals surface area contributed by atoms with Crippen molar-refractivity contribution in [2.75, 3.05) is 23.5 Å². The van der Waals surface area contributed by atoms with Gasteiger partial charge in [0.15, 0.2) is 5.82 Å². The van der Waals surface area contributed by atoms with Gasteiger partial charge in [0.25, 0.3) is 0 Å². The van der Waals surface area contributed by atoms with Crippen LogP contribution in [0.2, 0.25) is 5.02 Å². The summed E-state index contributed by atoms with van der Waals surface area (Å²) in [6, 6.07) is 13.7. The first-order valence-corrected chi connectivity index (χ1v) is 10.0. The Kier molecular flexibility index (Phi) is 6.73. The summed E-state index contributed by atoms with van der Waals surface area (Å²) in [7, 11) is 0. The Bertz CT molecular complexity index is 1020. The lowest BCUT2D eigenvalue weighted by molar-refractivity contribution is -0.113. The van der Waals surface area contributed by atoms with Gasteiger partial charge in [-0.05, 0) is 43.3 Å². The maximum Gasteiger partial charge on any atom is 0.340 e. The molecule has 0 aliphatic carbocycles. The summed E-state index contributed by atoms with van der Waals surface area (Å²) in [5, 5.41) is 11.8. The highest BCUT2D eigenvalue weighted by molar-refractivity contribution is 7.99. The molecule has 3 N–H and O–H groups in total. The molecular weight excluding hydrogens is 414 g/mol. The van der Waals surface area contributed by atoms with E-state index in [4.69, 9.17) is 22.2 Å². The molecule has 0 aliphatic heterocycles. The summed E-state index contributed by atoms with van der Waals surface area (Å²) in [6.45, 7) is 1.97. The Balaban J connectivity index is 1.65. The van der Waals surface area contributed by atoms with E-state index in [0.29, 0.717) is 27.3 Å². The first-order chi connectivity index (χ1) is 14.0. The van der Waals surface area contributed by atoms with Crippen LogP contribution in [-0.2, 0) is 9.53 Å². The SMILES string of the molecule is CCOC(=O)c1ccccc1NC(=O)CSc1nnc(-c2ccc(Cl)cc2)n1N. The number of benzene rings is 2. The number of para-hydroxylation sites is 1. The molecule has 29 heavy (non-hydrogen) atoms. The smallest absolute Gasteiger partial charge is 0.340 e. The molecule has 2 aromatic carbocycles. The van der Waals surface area contributed by atoms with Gasteiger partial charge in [-0.3, -0.25) is 4.79 Å². The first kappa shape index (κ1) is 20.7. The van der Waals surface area contributed by atoms with Crippen LogP contribution in [0.25, 0.3) is 11.4 Å². The van der Waals surface area contributed by atoms with Crippen molar-refractivity contribution >= 4 is 40.9 Å². The van der Waals surface area contributed by atoms with Gasteiger partial charge in [0.2, 0.25) is 11.1 Å². The van der Waals surface area contributed by atoms with Gasteiger partial charge in [0.1, 0.15) is 0 Å². The molecule has 0 bridgehead atoms. The number of carbonyl (C=O) groups excluding carboxylic acids is 2. The number of nitrogens with two attached hydrogens (primary N) is 1. The molecule has 3 aromatic rings. The van der Waals surface area contributed by atoms with E-state index < -0.39 is 5.97 Å². The summed E-state index contributed by atoms with van der Waals surface area (Å²) in [5.74, 6) is 5.73. The number of esters is 1. The highest BCUT2D eigenvalue weighted by Gasteiger charge is 2.16. The zero-order chi connectivity index (χ0) is 20.8. The summed E-state index contributed by atoms with van der Waals surface area (Å²) >= 11 is 7.02. The van der Waals surface area contributed by atoms with Crippen molar-refractivity contribution in [1.82, 2.24) is 14.9 Å². The molecule has 0 radical (unpaired) electrons. The fraction of sp³-hybridized carbons (Fsp3) is 0.158. The number of ether oxygens (including phenoxy) is 1. The molecule has 0 saturated carbocycles. The van der Waals surface area contributed by atoms with E-state index in [1.165, 1.54) is 4.68 Å². The highest BCUT2D eigenvalue weighted by atomic mass is 35.5. The monoisotopic (exact) mass is 431 g/mol. The number of rotatable bonds is 7. The second kappa shape index (κ2) is 9.44. The van der Waals surface area contributed by atoms with Gasteiger partial charge in [0.05, 0.1) is 23.6 Å². The predicted molar refractivity (Wildman–Crippen MR) is 112 cm³/mol. The third kappa shape index (κ3) is 5.07. The maximum atomic E-state index is 12.3. The van der Waals surface area contributed by atoms with Crippen LogP contribution in [0.4, 0.5) is 5.69 Å². The second-order valence-corrected chi connectivity index (χ2v) is 7.16. The molecule has 10 heteroatoms. The fourth-order valence-corrected chi connectivity index (χ4v) is 3.25. The minimum absolute atomic E-state index is 0.0348. The largest absolute Gasteiger partial charge is 0.462 e. The van der Waals surface area contributed by atoms with Crippen molar-refractivity contribution in [3.8, 4) is 11.4 Å². The minimum atomic E-state index is -0.495. The Morgan fingerprint density at radius 3 is 2.62 bits per heavy atom. The summed E-state index contributed by atoms with van der Waals surface area (Å²) in [5.41, 5.74) is 1.43. The molecule has 1 amide bonds. The predicted octanol–water partition coefficient (Wildman–Crippen LogP) is 3.22. The third-order valence-corrected chi connectivity index (χ3v) is 4.99. The highest BCUT2D eigenvalue weighted by Crippen LogP contribution is 2.23. The van der Waals surface area contributed by atoms with Crippen LogP contribution in [0.15, 0.2) is 53.7 Å². The average Bonchev–Trinajstić information content (AvgIpc) is 3.08. The minimum Gasteiger partial charge on any atom is -0.462 e. The Labute approximate surface area is 176 Å². The van der Waals surface area contributed by atoms with Crippen LogP contribution in [0.5, 0.6) is 0 Å². The number of nitrogens with zero attached hydrogens (tertiary/aromatic N) is 3. The fourth-order valence-electron chi connectivity index (χ4n) is 2.47. The summed E-state index contributed by atoms with van der Waals surface area (Å²) in [4.78, 5) is 24.4. The van der Waals surface area contributed by atoms with E-state index in [1.807, 2.05) is 0 Å². The number of nitrogen functional groups attached to an aromatic ring is 1. The van der Waals surface area contributed by atoms with Crippen LogP contribution in [0.1, 0.15) is 17.3 Å². The third-order valence-electron chi connectivity index (χ3n) is 3.80. The zero-order valence-electron chi connectivity index (χ0n) is 15.5. The van der Waals surface area contributed by atoms with Gasteiger partial charge in [0, 0.05) is 10.6 Å². The normalized spacial score (nSPS) is 10.6. The number of halogens is 1. The second-order valence-electron chi connectivity index (χ2n) is 5.79. The lowest BCUT2D eigenvalue weighted by Gasteiger charge is -2.10. The average molecular weight is 432 g/mol. The lowest BCUT2D eigenvalue weighted by Crippen LogP contribution is -2.18. The quantitative estimate of drug-likeness (QED) is 0.335. The molecule has 0 saturated heterocycles. The zero-order valence-corrected chi connectivity index (χ0v) is 17.0. The molecule has 0 atom stereocenters.